The molecule has 26 heavy (non-hydrogen) atoms. The van der Waals surface area contributed by atoms with Gasteiger partial charge >= 0.3 is 7.12 Å². The Morgan fingerprint density at radius 2 is 1.62 bits per heavy atom. The summed E-state index contributed by atoms with van der Waals surface area (Å²) < 4.78 is 12.4. The Hall–Kier alpha value is -0.995. The zero-order valence-electron chi connectivity index (χ0n) is 15.6. The molecular formula is C21H23BCl2O2. The monoisotopic (exact) mass is 388 g/mol. The molecule has 2 aliphatic rings. The van der Waals surface area contributed by atoms with Gasteiger partial charge in [0.05, 0.1) is 11.2 Å². The molecule has 136 valence electrons. The highest BCUT2D eigenvalue weighted by Gasteiger charge is 2.51. The lowest BCUT2D eigenvalue weighted by atomic mass is 9.77. The summed E-state index contributed by atoms with van der Waals surface area (Å²) in [5, 5.41) is 1.40. The van der Waals surface area contributed by atoms with E-state index in [2.05, 4.69) is 45.9 Å². The van der Waals surface area contributed by atoms with Crippen LogP contribution in [-0.4, -0.2) is 18.3 Å². The van der Waals surface area contributed by atoms with Crippen molar-refractivity contribution >= 4 is 35.8 Å². The first-order valence-corrected chi connectivity index (χ1v) is 9.87. The Labute approximate surface area is 165 Å². The van der Waals surface area contributed by atoms with E-state index in [4.69, 9.17) is 32.5 Å². The van der Waals surface area contributed by atoms with E-state index in [1.165, 1.54) is 11.1 Å². The first kappa shape index (κ1) is 18.4. The maximum atomic E-state index is 6.48. The van der Waals surface area contributed by atoms with E-state index in [9.17, 15) is 0 Å². The lowest BCUT2D eigenvalue weighted by Gasteiger charge is -2.32. The van der Waals surface area contributed by atoms with Crippen molar-refractivity contribution in [2.75, 3.05) is 0 Å². The molecule has 2 aromatic rings. The van der Waals surface area contributed by atoms with E-state index in [1.807, 2.05) is 18.2 Å². The third-order valence-electron chi connectivity index (χ3n) is 6.11. The van der Waals surface area contributed by atoms with Crippen LogP contribution >= 0.6 is 23.2 Å². The van der Waals surface area contributed by atoms with Crippen molar-refractivity contribution in [1.82, 2.24) is 0 Å². The maximum absolute atomic E-state index is 6.48. The highest BCUT2D eigenvalue weighted by molar-refractivity contribution is 6.62. The Kier molecular flexibility index (Phi) is 4.43. The average molecular weight is 389 g/mol. The molecule has 1 aliphatic carbocycles. The van der Waals surface area contributed by atoms with Crippen LogP contribution in [0, 0.1) is 0 Å². The van der Waals surface area contributed by atoms with Gasteiger partial charge in [-0.3, -0.25) is 0 Å². The van der Waals surface area contributed by atoms with Crippen LogP contribution in [0.2, 0.25) is 10.0 Å². The second-order valence-electron chi connectivity index (χ2n) is 8.30. The third-order valence-corrected chi connectivity index (χ3v) is 6.67. The van der Waals surface area contributed by atoms with Gasteiger partial charge in [0.1, 0.15) is 0 Å². The fourth-order valence-corrected chi connectivity index (χ4v) is 4.39. The first-order valence-electron chi connectivity index (χ1n) is 9.11. The number of hydrogen-bond donors (Lipinski definition) is 0. The van der Waals surface area contributed by atoms with E-state index >= 15 is 0 Å². The molecule has 5 heteroatoms. The first-order chi connectivity index (χ1) is 12.2. The van der Waals surface area contributed by atoms with E-state index in [1.54, 1.807) is 0 Å². The van der Waals surface area contributed by atoms with E-state index < -0.39 is 0 Å². The van der Waals surface area contributed by atoms with Crippen molar-refractivity contribution in [3.8, 4) is 0 Å². The number of aryl methyl sites for hydroxylation is 1. The van der Waals surface area contributed by atoms with E-state index in [-0.39, 0.29) is 24.2 Å². The van der Waals surface area contributed by atoms with Crippen molar-refractivity contribution in [3.63, 3.8) is 0 Å². The summed E-state index contributed by atoms with van der Waals surface area (Å²) in [4.78, 5) is 0. The Morgan fingerprint density at radius 3 is 2.27 bits per heavy atom. The summed E-state index contributed by atoms with van der Waals surface area (Å²) in [6.07, 6.45) is 2.12. The molecule has 4 rings (SSSR count). The predicted molar refractivity (Wildman–Crippen MR) is 109 cm³/mol. The topological polar surface area (TPSA) is 18.5 Å². The molecule has 1 unspecified atom stereocenters. The van der Waals surface area contributed by atoms with Gasteiger partial charge in [0, 0.05) is 16.0 Å². The lowest BCUT2D eigenvalue weighted by Crippen LogP contribution is -2.41. The van der Waals surface area contributed by atoms with Crippen molar-refractivity contribution in [2.24, 2.45) is 0 Å². The van der Waals surface area contributed by atoms with Crippen LogP contribution in [0.15, 0.2) is 36.4 Å². The van der Waals surface area contributed by atoms with E-state index in [0.717, 1.165) is 28.9 Å². The van der Waals surface area contributed by atoms with Crippen LogP contribution in [0.25, 0.3) is 0 Å². The van der Waals surface area contributed by atoms with E-state index in [0.29, 0.717) is 5.02 Å². The van der Waals surface area contributed by atoms with Crippen molar-refractivity contribution in [2.45, 2.75) is 57.7 Å². The fraction of sp³-hybridized carbons (Fsp3) is 0.429. The van der Waals surface area contributed by atoms with Crippen LogP contribution in [0.5, 0.6) is 0 Å². The standard InChI is InChI=1S/C21H23BCl2O2/c1-20(2)21(3,4)26-22(25-20)14-7-5-13-6-9-16(18(13)11-14)17-10-8-15(23)12-19(17)24/h5,7-8,10-12,16H,6,9H2,1-4H3. The van der Waals surface area contributed by atoms with Gasteiger partial charge in [0.25, 0.3) is 0 Å². The molecule has 2 aromatic carbocycles. The van der Waals surface area contributed by atoms with Crippen molar-refractivity contribution < 1.29 is 9.31 Å². The molecular weight excluding hydrogens is 366 g/mol. The number of halogens is 2. The smallest absolute Gasteiger partial charge is 0.399 e. The van der Waals surface area contributed by atoms with Crippen LogP contribution < -0.4 is 5.46 Å². The predicted octanol–water partition coefficient (Wildman–Crippen LogP) is 5.37. The van der Waals surface area contributed by atoms with Crippen LogP contribution in [0.3, 0.4) is 0 Å². The van der Waals surface area contributed by atoms with Gasteiger partial charge in [-0.15, -0.1) is 0 Å². The number of benzene rings is 2. The molecule has 1 fully saturated rings. The minimum absolute atomic E-state index is 0.289. The van der Waals surface area contributed by atoms with Gasteiger partial charge in [-0.1, -0.05) is 47.5 Å². The molecule has 0 amide bonds. The largest absolute Gasteiger partial charge is 0.494 e. The second-order valence-corrected chi connectivity index (χ2v) is 9.15. The SMILES string of the molecule is CC1(C)OB(c2ccc3c(c2)C(c2ccc(Cl)cc2Cl)CC3)OC1(C)C. The van der Waals surface area contributed by atoms with Crippen LogP contribution in [0.4, 0.5) is 0 Å². The molecule has 1 atom stereocenters. The molecule has 1 aliphatic heterocycles. The van der Waals surface area contributed by atoms with Gasteiger partial charge in [0.15, 0.2) is 0 Å². The number of hydrogen-bond acceptors (Lipinski definition) is 2. The summed E-state index contributed by atoms with van der Waals surface area (Å²) >= 11 is 12.6. The highest BCUT2D eigenvalue weighted by atomic mass is 35.5. The minimum atomic E-state index is -0.341. The molecule has 0 bridgehead atoms. The average Bonchev–Trinajstić information content (AvgIpc) is 3.05. The summed E-state index contributed by atoms with van der Waals surface area (Å²) in [6.45, 7) is 8.32. The van der Waals surface area contributed by atoms with Crippen LogP contribution in [-0.2, 0) is 15.7 Å². The number of fused-ring (bicyclic) bond motifs is 1. The van der Waals surface area contributed by atoms with Crippen LogP contribution in [0.1, 0.15) is 56.7 Å². The molecule has 1 heterocycles. The summed E-state index contributed by atoms with van der Waals surface area (Å²) in [7, 11) is -0.341. The highest BCUT2D eigenvalue weighted by Crippen LogP contribution is 2.42. The van der Waals surface area contributed by atoms with Gasteiger partial charge in [0.2, 0.25) is 0 Å². The minimum Gasteiger partial charge on any atom is -0.399 e. The fourth-order valence-electron chi connectivity index (χ4n) is 3.85. The Balaban J connectivity index is 1.69. The zero-order valence-corrected chi connectivity index (χ0v) is 17.1. The molecule has 0 saturated carbocycles. The quantitative estimate of drug-likeness (QED) is 0.643. The van der Waals surface area contributed by atoms with Crippen molar-refractivity contribution in [1.29, 1.82) is 0 Å². The molecule has 0 N–H and O–H groups in total. The Bertz CT molecular complexity index is 847. The van der Waals surface area contributed by atoms with Gasteiger partial charge in [-0.25, -0.2) is 0 Å². The summed E-state index contributed by atoms with van der Waals surface area (Å²) in [5.41, 5.74) is 4.23. The maximum Gasteiger partial charge on any atom is 0.494 e. The third kappa shape index (κ3) is 2.99. The van der Waals surface area contributed by atoms with Crippen molar-refractivity contribution in [3.05, 3.63) is 63.1 Å². The van der Waals surface area contributed by atoms with Gasteiger partial charge in [-0.2, -0.15) is 0 Å². The molecule has 2 nitrogen and oxygen atoms in total. The zero-order chi connectivity index (χ0) is 18.7. The lowest BCUT2D eigenvalue weighted by molar-refractivity contribution is 0.00578. The molecule has 0 aromatic heterocycles. The summed E-state index contributed by atoms with van der Waals surface area (Å²) in [6, 6.07) is 12.4. The summed E-state index contributed by atoms with van der Waals surface area (Å²) in [5.74, 6) is 0.289. The molecule has 0 radical (unpaired) electrons. The Morgan fingerprint density at radius 1 is 0.923 bits per heavy atom. The molecule has 1 saturated heterocycles. The van der Waals surface area contributed by atoms with Gasteiger partial charge < -0.3 is 9.31 Å². The van der Waals surface area contributed by atoms with Gasteiger partial charge in [-0.05, 0) is 74.8 Å². The number of rotatable bonds is 2. The normalized spacial score (nSPS) is 23.3. The molecule has 0 spiro atoms. The second kappa shape index (κ2) is 6.27.